The van der Waals surface area contributed by atoms with Crippen molar-refractivity contribution in [3.05, 3.63) is 96.1 Å². The van der Waals surface area contributed by atoms with E-state index in [1.165, 1.54) is 0 Å². The number of ether oxygens (including phenoxy) is 1. The van der Waals surface area contributed by atoms with Crippen molar-refractivity contribution in [3.8, 4) is 0 Å². The summed E-state index contributed by atoms with van der Waals surface area (Å²) in [5.74, 6) is -0.446. The van der Waals surface area contributed by atoms with Crippen LogP contribution < -0.4 is 10.6 Å². The van der Waals surface area contributed by atoms with E-state index in [9.17, 15) is 4.79 Å². The van der Waals surface area contributed by atoms with Crippen molar-refractivity contribution in [2.24, 2.45) is 4.76 Å². The fourth-order valence-corrected chi connectivity index (χ4v) is 6.04. The molecule has 3 aromatic carbocycles. The highest BCUT2D eigenvalue weighted by Crippen LogP contribution is 2.46. The van der Waals surface area contributed by atoms with Crippen LogP contribution in [0.3, 0.4) is 0 Å². The molecule has 0 fully saturated rings. The Morgan fingerprint density at radius 3 is 1.89 bits per heavy atom. The van der Waals surface area contributed by atoms with Crippen molar-refractivity contribution >= 4 is 40.3 Å². The molecule has 0 unspecified atom stereocenters. The standard InChI is InChI=1S/C23H22NO2PS/c1-3-26-23(25)22(21-17-11-10-12-18(21)2)24-27(28,19-13-6-4-7-14-19)20-15-8-5-9-16-20/h4-17H,3H2,1-2H3/b24-22+. The average Bonchev–Trinajstić information content (AvgIpc) is 2.74. The van der Waals surface area contributed by atoms with Gasteiger partial charge in [0, 0.05) is 16.2 Å². The Bertz CT molecular complexity index is 989. The molecule has 0 saturated carbocycles. The highest BCUT2D eigenvalue weighted by Gasteiger charge is 2.26. The van der Waals surface area contributed by atoms with Crippen LogP contribution >= 0.6 is 6.19 Å². The summed E-state index contributed by atoms with van der Waals surface area (Å²) < 4.78 is 10.3. The van der Waals surface area contributed by atoms with Gasteiger partial charge in [-0.3, -0.25) is 0 Å². The second kappa shape index (κ2) is 9.09. The number of carbonyl (C=O) groups is 1. The van der Waals surface area contributed by atoms with Gasteiger partial charge in [-0.2, -0.15) is 0 Å². The summed E-state index contributed by atoms with van der Waals surface area (Å²) in [6.07, 6.45) is -2.62. The van der Waals surface area contributed by atoms with E-state index < -0.39 is 12.2 Å². The quantitative estimate of drug-likeness (QED) is 0.346. The van der Waals surface area contributed by atoms with Gasteiger partial charge in [0.15, 0.2) is 5.71 Å². The molecule has 0 bridgehead atoms. The Kier molecular flexibility index (Phi) is 6.56. The molecule has 3 aromatic rings. The molecule has 3 nitrogen and oxygen atoms in total. The van der Waals surface area contributed by atoms with Gasteiger partial charge in [-0.25, -0.2) is 9.56 Å². The van der Waals surface area contributed by atoms with Crippen molar-refractivity contribution in [1.82, 2.24) is 0 Å². The highest BCUT2D eigenvalue weighted by atomic mass is 32.4. The molecule has 0 spiro atoms. The molecular weight excluding hydrogens is 385 g/mol. The lowest BCUT2D eigenvalue weighted by atomic mass is 10.0. The van der Waals surface area contributed by atoms with Crippen LogP contribution in [0.15, 0.2) is 89.7 Å². The van der Waals surface area contributed by atoms with Gasteiger partial charge in [-0.15, -0.1) is 0 Å². The van der Waals surface area contributed by atoms with Crippen LogP contribution in [-0.4, -0.2) is 18.3 Å². The van der Waals surface area contributed by atoms with Crippen LogP contribution in [0.25, 0.3) is 0 Å². The first-order valence-corrected chi connectivity index (χ1v) is 11.9. The summed E-state index contributed by atoms with van der Waals surface area (Å²) in [5, 5.41) is 1.87. The van der Waals surface area contributed by atoms with Gasteiger partial charge in [0.1, 0.15) is 6.19 Å². The lowest BCUT2D eigenvalue weighted by molar-refractivity contribution is -0.134. The van der Waals surface area contributed by atoms with E-state index in [4.69, 9.17) is 21.3 Å². The minimum atomic E-state index is -2.62. The molecule has 3 rings (SSSR count). The number of esters is 1. The monoisotopic (exact) mass is 407 g/mol. The summed E-state index contributed by atoms with van der Waals surface area (Å²) >= 11 is 6.17. The fourth-order valence-electron chi connectivity index (χ4n) is 2.91. The minimum absolute atomic E-state index is 0.281. The minimum Gasteiger partial charge on any atom is -0.461 e. The molecule has 0 amide bonds. The van der Waals surface area contributed by atoms with Crippen LogP contribution in [0, 0.1) is 6.92 Å². The van der Waals surface area contributed by atoms with Crippen LogP contribution in [0.2, 0.25) is 0 Å². The predicted molar refractivity (Wildman–Crippen MR) is 121 cm³/mol. The van der Waals surface area contributed by atoms with Crippen molar-refractivity contribution in [1.29, 1.82) is 0 Å². The molecule has 5 heteroatoms. The molecule has 0 atom stereocenters. The third-order valence-corrected chi connectivity index (χ3v) is 8.31. The van der Waals surface area contributed by atoms with Crippen molar-refractivity contribution in [2.45, 2.75) is 13.8 Å². The maximum absolute atomic E-state index is 12.9. The number of nitrogens with zero attached hydrogens (tertiary/aromatic N) is 1. The number of carbonyl (C=O) groups excluding carboxylic acids is 1. The number of aryl methyl sites for hydroxylation is 1. The van der Waals surface area contributed by atoms with Gasteiger partial charge in [-0.1, -0.05) is 96.7 Å². The maximum atomic E-state index is 12.9. The molecule has 0 N–H and O–H groups in total. The molecule has 0 aliphatic rings. The molecule has 0 saturated heterocycles. The Balaban J connectivity index is 2.28. The zero-order chi connectivity index (χ0) is 20.0. The zero-order valence-corrected chi connectivity index (χ0v) is 17.6. The predicted octanol–water partition coefficient (Wildman–Crippen LogP) is 4.39. The molecule has 0 aliphatic heterocycles. The fraction of sp³-hybridized carbons (Fsp3) is 0.130. The Hall–Kier alpha value is -2.55. The van der Waals surface area contributed by atoms with Crippen LogP contribution in [-0.2, 0) is 21.3 Å². The Morgan fingerprint density at radius 1 is 0.893 bits per heavy atom. The smallest absolute Gasteiger partial charge is 0.357 e. The first-order chi connectivity index (χ1) is 13.6. The van der Waals surface area contributed by atoms with E-state index in [0.29, 0.717) is 0 Å². The van der Waals surface area contributed by atoms with Crippen molar-refractivity contribution < 1.29 is 9.53 Å². The topological polar surface area (TPSA) is 38.7 Å². The molecule has 0 aliphatic carbocycles. The molecule has 0 radical (unpaired) electrons. The summed E-state index contributed by atoms with van der Waals surface area (Å²) in [6.45, 7) is 4.03. The van der Waals surface area contributed by atoms with Crippen LogP contribution in [0.4, 0.5) is 0 Å². The van der Waals surface area contributed by atoms with Gasteiger partial charge < -0.3 is 4.74 Å². The van der Waals surface area contributed by atoms with Crippen LogP contribution in [0.5, 0.6) is 0 Å². The lowest BCUT2D eigenvalue weighted by Gasteiger charge is -2.21. The zero-order valence-electron chi connectivity index (χ0n) is 15.9. The number of rotatable bonds is 6. The molecule has 0 aromatic heterocycles. The van der Waals surface area contributed by atoms with Crippen LogP contribution in [0.1, 0.15) is 18.1 Å². The van der Waals surface area contributed by atoms with E-state index in [-0.39, 0.29) is 12.3 Å². The first kappa shape index (κ1) is 20.2. The third-order valence-electron chi connectivity index (χ3n) is 4.32. The first-order valence-electron chi connectivity index (χ1n) is 9.11. The third kappa shape index (κ3) is 4.30. The summed E-state index contributed by atoms with van der Waals surface area (Å²) in [4.78, 5) is 12.9. The second-order valence-electron chi connectivity index (χ2n) is 6.23. The molecule has 28 heavy (non-hydrogen) atoms. The van der Waals surface area contributed by atoms with E-state index in [2.05, 4.69) is 0 Å². The van der Waals surface area contributed by atoms with Gasteiger partial charge in [0.05, 0.1) is 6.61 Å². The van der Waals surface area contributed by atoms with Gasteiger partial charge >= 0.3 is 5.97 Å². The van der Waals surface area contributed by atoms with Crippen molar-refractivity contribution in [2.75, 3.05) is 6.61 Å². The van der Waals surface area contributed by atoms with E-state index in [1.807, 2.05) is 91.9 Å². The van der Waals surface area contributed by atoms with E-state index >= 15 is 0 Å². The van der Waals surface area contributed by atoms with Crippen molar-refractivity contribution in [3.63, 3.8) is 0 Å². The molecule has 142 valence electrons. The molecular formula is C23H22NO2PS. The summed E-state index contributed by atoms with van der Waals surface area (Å²) in [7, 11) is 0. The second-order valence-corrected chi connectivity index (χ2v) is 10.2. The number of hydrogen-bond acceptors (Lipinski definition) is 3. The van der Waals surface area contributed by atoms with Gasteiger partial charge in [-0.05, 0) is 19.4 Å². The van der Waals surface area contributed by atoms with E-state index in [0.717, 1.165) is 21.7 Å². The summed E-state index contributed by atoms with van der Waals surface area (Å²) in [6, 6.07) is 27.3. The SMILES string of the molecule is CCOC(=O)/C(=N/P(=S)(c1ccccc1)c1ccccc1)c1ccccc1C. The van der Waals surface area contributed by atoms with Gasteiger partial charge in [0.25, 0.3) is 0 Å². The molecule has 0 heterocycles. The van der Waals surface area contributed by atoms with Gasteiger partial charge in [0.2, 0.25) is 0 Å². The maximum Gasteiger partial charge on any atom is 0.357 e. The normalized spacial score (nSPS) is 11.9. The lowest BCUT2D eigenvalue weighted by Crippen LogP contribution is -2.23. The van der Waals surface area contributed by atoms with E-state index in [1.54, 1.807) is 6.92 Å². The number of benzene rings is 3. The highest BCUT2D eigenvalue weighted by molar-refractivity contribution is 8.21. The largest absolute Gasteiger partial charge is 0.461 e. The number of hydrogen-bond donors (Lipinski definition) is 0. The summed E-state index contributed by atoms with van der Waals surface area (Å²) in [5.41, 5.74) is 2.00. The Labute approximate surface area is 171 Å². The average molecular weight is 407 g/mol. The Morgan fingerprint density at radius 2 is 1.39 bits per heavy atom.